The molecule has 0 heterocycles. The molecule has 2 aromatic carbocycles. The predicted octanol–water partition coefficient (Wildman–Crippen LogP) is 4.14. The second-order valence-corrected chi connectivity index (χ2v) is 5.81. The van der Waals surface area contributed by atoms with Crippen molar-refractivity contribution in [2.75, 3.05) is 6.61 Å². The van der Waals surface area contributed by atoms with Crippen LogP contribution in [0, 0.1) is 6.92 Å². The average molecular weight is 311 g/mol. The number of amides is 1. The third-order valence-electron chi connectivity index (χ3n) is 3.82. The van der Waals surface area contributed by atoms with E-state index in [0.717, 1.165) is 24.2 Å². The Morgan fingerprint density at radius 3 is 2.57 bits per heavy atom. The van der Waals surface area contributed by atoms with Gasteiger partial charge < -0.3 is 10.1 Å². The van der Waals surface area contributed by atoms with E-state index in [0.29, 0.717) is 12.2 Å². The van der Waals surface area contributed by atoms with E-state index in [9.17, 15) is 4.79 Å². The van der Waals surface area contributed by atoms with Crippen molar-refractivity contribution in [3.8, 4) is 5.75 Å². The molecule has 0 aliphatic heterocycles. The topological polar surface area (TPSA) is 38.3 Å². The molecule has 1 atom stereocenters. The van der Waals surface area contributed by atoms with Crippen LogP contribution in [0.15, 0.2) is 48.5 Å². The van der Waals surface area contributed by atoms with Crippen LogP contribution in [-0.4, -0.2) is 18.6 Å². The SMILES string of the molecule is CCOc1ccc(C(=O)N[C@H](C)CCc2ccccc2)cc1C. The molecule has 2 aromatic rings. The van der Waals surface area contributed by atoms with Crippen LogP contribution in [0.1, 0.15) is 41.8 Å². The van der Waals surface area contributed by atoms with Crippen molar-refractivity contribution in [2.24, 2.45) is 0 Å². The maximum absolute atomic E-state index is 12.3. The minimum absolute atomic E-state index is 0.0308. The Morgan fingerprint density at radius 1 is 1.17 bits per heavy atom. The summed E-state index contributed by atoms with van der Waals surface area (Å²) in [6.07, 6.45) is 1.89. The summed E-state index contributed by atoms with van der Waals surface area (Å²) < 4.78 is 5.51. The maximum Gasteiger partial charge on any atom is 0.251 e. The molecule has 0 unspecified atom stereocenters. The first-order valence-corrected chi connectivity index (χ1v) is 8.18. The molecule has 0 spiro atoms. The van der Waals surface area contributed by atoms with Crippen LogP contribution in [0.25, 0.3) is 0 Å². The number of hydrogen-bond acceptors (Lipinski definition) is 2. The van der Waals surface area contributed by atoms with Crippen LogP contribution >= 0.6 is 0 Å². The highest BCUT2D eigenvalue weighted by Crippen LogP contribution is 2.19. The summed E-state index contributed by atoms with van der Waals surface area (Å²) in [5.41, 5.74) is 2.96. The molecular formula is C20H25NO2. The smallest absolute Gasteiger partial charge is 0.251 e. The van der Waals surface area contributed by atoms with E-state index in [1.807, 2.05) is 57.2 Å². The van der Waals surface area contributed by atoms with Crippen molar-refractivity contribution in [1.82, 2.24) is 5.32 Å². The number of hydrogen-bond donors (Lipinski definition) is 1. The van der Waals surface area contributed by atoms with Gasteiger partial charge in [-0.3, -0.25) is 4.79 Å². The molecule has 1 N–H and O–H groups in total. The molecule has 0 aliphatic carbocycles. The highest BCUT2D eigenvalue weighted by atomic mass is 16.5. The Balaban J connectivity index is 1.89. The predicted molar refractivity (Wildman–Crippen MR) is 94.0 cm³/mol. The zero-order chi connectivity index (χ0) is 16.7. The second kappa shape index (κ2) is 8.37. The van der Waals surface area contributed by atoms with E-state index in [1.165, 1.54) is 5.56 Å². The van der Waals surface area contributed by atoms with Crippen molar-refractivity contribution < 1.29 is 9.53 Å². The zero-order valence-corrected chi connectivity index (χ0v) is 14.1. The van der Waals surface area contributed by atoms with E-state index in [2.05, 4.69) is 17.4 Å². The monoisotopic (exact) mass is 311 g/mol. The van der Waals surface area contributed by atoms with Crippen LogP contribution in [0.5, 0.6) is 5.75 Å². The fourth-order valence-electron chi connectivity index (χ4n) is 2.52. The lowest BCUT2D eigenvalue weighted by Crippen LogP contribution is -2.32. The number of rotatable bonds is 7. The fourth-order valence-corrected chi connectivity index (χ4v) is 2.52. The first-order chi connectivity index (χ1) is 11.1. The first-order valence-electron chi connectivity index (χ1n) is 8.18. The van der Waals surface area contributed by atoms with Gasteiger partial charge in [0.1, 0.15) is 5.75 Å². The lowest BCUT2D eigenvalue weighted by atomic mass is 10.1. The summed E-state index contributed by atoms with van der Waals surface area (Å²) in [7, 11) is 0. The van der Waals surface area contributed by atoms with Gasteiger partial charge >= 0.3 is 0 Å². The molecule has 23 heavy (non-hydrogen) atoms. The van der Waals surface area contributed by atoms with Gasteiger partial charge in [-0.1, -0.05) is 30.3 Å². The van der Waals surface area contributed by atoms with E-state index >= 15 is 0 Å². The normalized spacial score (nSPS) is 11.8. The summed E-state index contributed by atoms with van der Waals surface area (Å²) in [6.45, 7) is 6.58. The lowest BCUT2D eigenvalue weighted by molar-refractivity contribution is 0.0938. The molecule has 2 rings (SSSR count). The average Bonchev–Trinajstić information content (AvgIpc) is 2.56. The van der Waals surface area contributed by atoms with E-state index < -0.39 is 0 Å². The van der Waals surface area contributed by atoms with Gasteiger partial charge in [0.05, 0.1) is 6.61 Å². The lowest BCUT2D eigenvalue weighted by Gasteiger charge is -2.15. The summed E-state index contributed by atoms with van der Waals surface area (Å²) in [6, 6.07) is 16.0. The summed E-state index contributed by atoms with van der Waals surface area (Å²) in [5.74, 6) is 0.804. The molecule has 0 aromatic heterocycles. The molecule has 3 nitrogen and oxygen atoms in total. The number of carbonyl (C=O) groups is 1. The van der Waals surface area contributed by atoms with Crippen molar-refractivity contribution >= 4 is 5.91 Å². The van der Waals surface area contributed by atoms with Crippen molar-refractivity contribution in [1.29, 1.82) is 0 Å². The van der Waals surface area contributed by atoms with Gasteiger partial charge in [-0.25, -0.2) is 0 Å². The van der Waals surface area contributed by atoms with Gasteiger partial charge in [0.15, 0.2) is 0 Å². The number of carbonyl (C=O) groups excluding carboxylic acids is 1. The fraction of sp³-hybridized carbons (Fsp3) is 0.350. The molecule has 1 amide bonds. The van der Waals surface area contributed by atoms with E-state index in [1.54, 1.807) is 0 Å². The number of nitrogens with one attached hydrogen (secondary N) is 1. The van der Waals surface area contributed by atoms with Crippen LogP contribution < -0.4 is 10.1 Å². The molecule has 0 radical (unpaired) electrons. The molecule has 3 heteroatoms. The van der Waals surface area contributed by atoms with Crippen molar-refractivity contribution in [2.45, 2.75) is 39.7 Å². The number of benzene rings is 2. The van der Waals surface area contributed by atoms with Gasteiger partial charge in [-0.2, -0.15) is 0 Å². The maximum atomic E-state index is 12.3. The third kappa shape index (κ3) is 5.13. The standard InChI is InChI=1S/C20H25NO2/c1-4-23-19-13-12-18(14-15(19)2)20(22)21-16(3)10-11-17-8-6-5-7-9-17/h5-9,12-14,16H,4,10-11H2,1-3H3,(H,21,22)/t16-/m1/s1. The molecule has 122 valence electrons. The zero-order valence-electron chi connectivity index (χ0n) is 14.1. The van der Waals surface area contributed by atoms with Crippen LogP contribution in [-0.2, 0) is 6.42 Å². The van der Waals surface area contributed by atoms with Crippen LogP contribution in [0.4, 0.5) is 0 Å². The molecule has 0 saturated carbocycles. The number of ether oxygens (including phenoxy) is 1. The van der Waals surface area contributed by atoms with Crippen LogP contribution in [0.3, 0.4) is 0 Å². The minimum Gasteiger partial charge on any atom is -0.494 e. The summed E-state index contributed by atoms with van der Waals surface area (Å²) in [5, 5.41) is 3.07. The summed E-state index contributed by atoms with van der Waals surface area (Å²) >= 11 is 0. The second-order valence-electron chi connectivity index (χ2n) is 5.81. The molecule has 0 bridgehead atoms. The Hall–Kier alpha value is -2.29. The Labute approximate surface area is 138 Å². The third-order valence-corrected chi connectivity index (χ3v) is 3.82. The molecular weight excluding hydrogens is 286 g/mol. The summed E-state index contributed by atoms with van der Waals surface area (Å²) in [4.78, 5) is 12.3. The Morgan fingerprint density at radius 2 is 1.91 bits per heavy atom. The largest absolute Gasteiger partial charge is 0.494 e. The minimum atomic E-state index is -0.0308. The van der Waals surface area contributed by atoms with Gasteiger partial charge in [0.2, 0.25) is 0 Å². The van der Waals surface area contributed by atoms with Gasteiger partial charge in [-0.15, -0.1) is 0 Å². The molecule has 0 saturated heterocycles. The highest BCUT2D eigenvalue weighted by molar-refractivity contribution is 5.94. The van der Waals surface area contributed by atoms with Crippen molar-refractivity contribution in [3.05, 3.63) is 65.2 Å². The van der Waals surface area contributed by atoms with Gasteiger partial charge in [0.25, 0.3) is 5.91 Å². The van der Waals surface area contributed by atoms with Gasteiger partial charge in [0, 0.05) is 11.6 Å². The van der Waals surface area contributed by atoms with E-state index in [-0.39, 0.29) is 11.9 Å². The van der Waals surface area contributed by atoms with Crippen LogP contribution in [0.2, 0.25) is 0 Å². The highest BCUT2D eigenvalue weighted by Gasteiger charge is 2.11. The Bertz CT molecular complexity index is 637. The van der Waals surface area contributed by atoms with Gasteiger partial charge in [-0.05, 0) is 62.9 Å². The quantitative estimate of drug-likeness (QED) is 0.834. The number of aryl methyl sites for hydroxylation is 2. The molecule has 0 aliphatic rings. The first kappa shape index (κ1) is 17.1. The van der Waals surface area contributed by atoms with E-state index in [4.69, 9.17) is 4.74 Å². The van der Waals surface area contributed by atoms with Crippen molar-refractivity contribution in [3.63, 3.8) is 0 Å². The Kier molecular flexibility index (Phi) is 6.21. The molecule has 0 fully saturated rings.